The van der Waals surface area contributed by atoms with Crippen molar-refractivity contribution in [1.29, 1.82) is 5.41 Å². The van der Waals surface area contributed by atoms with Crippen LogP contribution in [0.15, 0.2) is 6.07 Å². The molecule has 18 heavy (non-hydrogen) atoms. The zero-order chi connectivity index (χ0) is 13.1. The molecular weight excluding hydrogens is 270 g/mol. The van der Waals surface area contributed by atoms with Crippen molar-refractivity contribution in [2.45, 2.75) is 33.2 Å². The van der Waals surface area contributed by atoms with Gasteiger partial charge >= 0.3 is 0 Å². The zero-order valence-corrected chi connectivity index (χ0v) is 12.1. The fourth-order valence-corrected chi connectivity index (χ4v) is 2.81. The topological polar surface area (TPSA) is 50.9 Å². The van der Waals surface area contributed by atoms with Crippen molar-refractivity contribution in [1.82, 2.24) is 9.55 Å². The third-order valence-electron chi connectivity index (χ3n) is 2.52. The summed E-state index contributed by atoms with van der Waals surface area (Å²) < 4.78 is 8.09. The normalized spacial score (nSPS) is 11.1. The standard InChI is InChI=1S/C12H16ClN3OS/c1-3-5-16-10(14)8-7-9(13)18-11(8)15-12(16)17-6-4-2/h7,14H,3-6H2,1-2H3. The summed E-state index contributed by atoms with van der Waals surface area (Å²) in [5.41, 5.74) is 0.427. The SMILES string of the molecule is CCCOc1nc2sc(Cl)cc2c(=N)n1CCC. The Morgan fingerprint density at radius 1 is 1.44 bits per heavy atom. The molecule has 0 amide bonds. The average molecular weight is 286 g/mol. The molecule has 0 saturated heterocycles. The van der Waals surface area contributed by atoms with E-state index in [1.54, 1.807) is 10.6 Å². The summed E-state index contributed by atoms with van der Waals surface area (Å²) in [5.74, 6) is 0. The Kier molecular flexibility index (Phi) is 4.24. The van der Waals surface area contributed by atoms with Gasteiger partial charge in [-0.05, 0) is 18.9 Å². The van der Waals surface area contributed by atoms with Crippen LogP contribution in [0.25, 0.3) is 10.2 Å². The van der Waals surface area contributed by atoms with Crippen molar-refractivity contribution in [3.05, 3.63) is 15.9 Å². The molecule has 0 aliphatic heterocycles. The quantitative estimate of drug-likeness (QED) is 0.915. The molecular formula is C12H16ClN3OS. The lowest BCUT2D eigenvalue weighted by molar-refractivity contribution is 0.271. The Bertz CT molecular complexity index is 605. The van der Waals surface area contributed by atoms with E-state index in [1.807, 2.05) is 6.92 Å². The van der Waals surface area contributed by atoms with Gasteiger partial charge in [0.25, 0.3) is 6.01 Å². The van der Waals surface area contributed by atoms with Gasteiger partial charge in [0.15, 0.2) is 0 Å². The molecule has 0 saturated carbocycles. The summed E-state index contributed by atoms with van der Waals surface area (Å²) in [4.78, 5) is 5.23. The largest absolute Gasteiger partial charge is 0.465 e. The Morgan fingerprint density at radius 3 is 2.89 bits per heavy atom. The second-order valence-corrected chi connectivity index (χ2v) is 5.67. The minimum Gasteiger partial charge on any atom is -0.465 e. The number of aromatic nitrogens is 2. The monoisotopic (exact) mass is 285 g/mol. The fraction of sp³-hybridized carbons (Fsp3) is 0.500. The molecule has 0 spiro atoms. The predicted molar refractivity (Wildman–Crippen MR) is 74.6 cm³/mol. The molecule has 0 aliphatic rings. The van der Waals surface area contributed by atoms with Gasteiger partial charge in [0.05, 0.1) is 16.3 Å². The minimum absolute atomic E-state index is 0.427. The second-order valence-electron chi connectivity index (χ2n) is 4.01. The van der Waals surface area contributed by atoms with Crippen molar-refractivity contribution >= 4 is 33.2 Å². The highest BCUT2D eigenvalue weighted by Crippen LogP contribution is 2.27. The van der Waals surface area contributed by atoms with E-state index in [-0.39, 0.29) is 0 Å². The molecule has 4 nitrogen and oxygen atoms in total. The van der Waals surface area contributed by atoms with Crippen LogP contribution in [0.5, 0.6) is 6.01 Å². The van der Waals surface area contributed by atoms with Crippen molar-refractivity contribution in [2.24, 2.45) is 0 Å². The first-order chi connectivity index (χ1) is 8.67. The number of hydrogen-bond donors (Lipinski definition) is 1. The lowest BCUT2D eigenvalue weighted by Gasteiger charge is -2.12. The molecule has 0 unspecified atom stereocenters. The maximum absolute atomic E-state index is 8.22. The van der Waals surface area contributed by atoms with Crippen LogP contribution in [-0.2, 0) is 6.54 Å². The predicted octanol–water partition coefficient (Wildman–Crippen LogP) is 3.43. The molecule has 0 bridgehead atoms. The molecule has 0 atom stereocenters. The Labute approximate surface area is 115 Å². The average Bonchev–Trinajstić information content (AvgIpc) is 2.72. The van der Waals surface area contributed by atoms with Gasteiger partial charge < -0.3 is 4.74 Å². The van der Waals surface area contributed by atoms with Gasteiger partial charge in [-0.15, -0.1) is 11.3 Å². The van der Waals surface area contributed by atoms with Gasteiger partial charge in [-0.1, -0.05) is 25.4 Å². The van der Waals surface area contributed by atoms with Crippen molar-refractivity contribution in [3.8, 4) is 6.01 Å². The Balaban J connectivity index is 2.58. The van der Waals surface area contributed by atoms with E-state index in [1.165, 1.54) is 11.3 Å². The highest BCUT2D eigenvalue weighted by Gasteiger charge is 2.11. The first-order valence-electron chi connectivity index (χ1n) is 6.04. The van der Waals surface area contributed by atoms with Crippen molar-refractivity contribution < 1.29 is 4.74 Å². The summed E-state index contributed by atoms with van der Waals surface area (Å²) in [6.07, 6.45) is 1.86. The van der Waals surface area contributed by atoms with E-state index >= 15 is 0 Å². The summed E-state index contributed by atoms with van der Waals surface area (Å²) >= 11 is 7.37. The van der Waals surface area contributed by atoms with E-state index in [0.29, 0.717) is 22.4 Å². The van der Waals surface area contributed by atoms with Crippen LogP contribution >= 0.6 is 22.9 Å². The number of fused-ring (bicyclic) bond motifs is 1. The molecule has 0 aromatic carbocycles. The Hall–Kier alpha value is -1.07. The second kappa shape index (κ2) is 5.71. The van der Waals surface area contributed by atoms with E-state index in [0.717, 1.165) is 29.6 Å². The number of rotatable bonds is 5. The van der Waals surface area contributed by atoms with Gasteiger partial charge in [-0.25, -0.2) is 0 Å². The number of nitrogens with one attached hydrogen (secondary N) is 1. The molecule has 0 fully saturated rings. The van der Waals surface area contributed by atoms with Crippen molar-refractivity contribution in [2.75, 3.05) is 6.61 Å². The smallest absolute Gasteiger partial charge is 0.299 e. The number of ether oxygens (including phenoxy) is 1. The van der Waals surface area contributed by atoms with E-state index in [2.05, 4.69) is 11.9 Å². The van der Waals surface area contributed by atoms with E-state index in [9.17, 15) is 0 Å². The Morgan fingerprint density at radius 2 is 2.22 bits per heavy atom. The zero-order valence-electron chi connectivity index (χ0n) is 10.5. The van der Waals surface area contributed by atoms with E-state index in [4.69, 9.17) is 21.7 Å². The molecule has 0 aliphatic carbocycles. The minimum atomic E-state index is 0.427. The van der Waals surface area contributed by atoms with Crippen LogP contribution in [0, 0.1) is 5.41 Å². The third kappa shape index (κ3) is 2.52. The first-order valence-corrected chi connectivity index (χ1v) is 7.24. The lowest BCUT2D eigenvalue weighted by atomic mass is 10.4. The van der Waals surface area contributed by atoms with Gasteiger partial charge in [0.2, 0.25) is 0 Å². The summed E-state index contributed by atoms with van der Waals surface area (Å²) in [7, 11) is 0. The molecule has 1 N–H and O–H groups in total. The maximum Gasteiger partial charge on any atom is 0.299 e. The molecule has 2 heterocycles. The first kappa shape index (κ1) is 13.4. The highest BCUT2D eigenvalue weighted by atomic mass is 35.5. The summed E-state index contributed by atoms with van der Waals surface area (Å²) in [5, 5.41) is 9.02. The maximum atomic E-state index is 8.22. The molecule has 2 rings (SSSR count). The van der Waals surface area contributed by atoms with Crippen LogP contribution in [0.2, 0.25) is 4.34 Å². The summed E-state index contributed by atoms with van der Waals surface area (Å²) in [6, 6.07) is 2.32. The third-order valence-corrected chi connectivity index (χ3v) is 3.68. The molecule has 6 heteroatoms. The van der Waals surface area contributed by atoms with Crippen LogP contribution < -0.4 is 10.2 Å². The van der Waals surface area contributed by atoms with Crippen LogP contribution in [0.3, 0.4) is 0 Å². The van der Waals surface area contributed by atoms with Crippen LogP contribution in [0.4, 0.5) is 0 Å². The number of hydrogen-bond acceptors (Lipinski definition) is 4. The molecule has 98 valence electrons. The molecule has 0 radical (unpaired) electrons. The van der Waals surface area contributed by atoms with Crippen molar-refractivity contribution in [3.63, 3.8) is 0 Å². The summed E-state index contributed by atoms with van der Waals surface area (Å²) in [6.45, 7) is 5.46. The number of halogens is 1. The highest BCUT2D eigenvalue weighted by molar-refractivity contribution is 7.22. The van der Waals surface area contributed by atoms with Gasteiger partial charge in [-0.3, -0.25) is 9.98 Å². The van der Waals surface area contributed by atoms with Crippen LogP contribution in [-0.4, -0.2) is 16.2 Å². The van der Waals surface area contributed by atoms with Gasteiger partial charge in [0, 0.05) is 6.54 Å². The molecule has 2 aromatic rings. The number of thiophene rings is 1. The fourth-order valence-electron chi connectivity index (χ4n) is 1.73. The lowest BCUT2D eigenvalue weighted by Crippen LogP contribution is -2.23. The number of nitrogens with zero attached hydrogens (tertiary/aromatic N) is 2. The van der Waals surface area contributed by atoms with Gasteiger partial charge in [0.1, 0.15) is 10.3 Å². The van der Waals surface area contributed by atoms with E-state index < -0.39 is 0 Å². The van der Waals surface area contributed by atoms with Crippen LogP contribution in [0.1, 0.15) is 26.7 Å². The van der Waals surface area contributed by atoms with Gasteiger partial charge in [-0.2, -0.15) is 4.98 Å². The molecule has 2 aromatic heterocycles.